The lowest BCUT2D eigenvalue weighted by molar-refractivity contribution is 0.146. The molecule has 26 heavy (non-hydrogen) atoms. The van der Waals surface area contributed by atoms with Crippen LogP contribution in [0.15, 0.2) is 54.9 Å². The Morgan fingerprint density at radius 1 is 1.08 bits per heavy atom. The van der Waals surface area contributed by atoms with Crippen LogP contribution in [0.2, 0.25) is 0 Å². The van der Waals surface area contributed by atoms with Crippen molar-refractivity contribution in [1.82, 2.24) is 24.6 Å². The first-order chi connectivity index (χ1) is 12.6. The Bertz CT molecular complexity index is 1080. The van der Waals surface area contributed by atoms with Crippen molar-refractivity contribution in [2.75, 3.05) is 5.32 Å². The van der Waals surface area contributed by atoms with Crippen molar-refractivity contribution >= 4 is 17.0 Å². The zero-order chi connectivity index (χ0) is 18.1. The maximum absolute atomic E-state index is 12.9. The van der Waals surface area contributed by atoms with Gasteiger partial charge in [-0.05, 0) is 43.3 Å². The molecule has 0 aliphatic carbocycles. The Labute approximate surface area is 147 Å². The van der Waals surface area contributed by atoms with Crippen LogP contribution in [0.1, 0.15) is 17.8 Å². The highest BCUT2D eigenvalue weighted by molar-refractivity contribution is 5.74. The van der Waals surface area contributed by atoms with Gasteiger partial charge in [-0.1, -0.05) is 6.07 Å². The average molecular weight is 352 g/mol. The van der Waals surface area contributed by atoms with Crippen molar-refractivity contribution in [2.45, 2.75) is 13.3 Å². The van der Waals surface area contributed by atoms with Crippen molar-refractivity contribution in [3.05, 3.63) is 66.2 Å². The van der Waals surface area contributed by atoms with E-state index in [1.807, 2.05) is 31.2 Å². The molecule has 1 N–H and O–H groups in total. The second-order valence-corrected chi connectivity index (χ2v) is 5.68. The fourth-order valence-corrected chi connectivity index (χ4v) is 2.59. The molecule has 0 saturated heterocycles. The summed E-state index contributed by atoms with van der Waals surface area (Å²) < 4.78 is 27.5. The van der Waals surface area contributed by atoms with Gasteiger partial charge < -0.3 is 5.32 Å². The third-order valence-corrected chi connectivity index (χ3v) is 3.77. The van der Waals surface area contributed by atoms with Crippen molar-refractivity contribution in [3.8, 4) is 11.5 Å². The number of rotatable bonds is 4. The number of nitrogens with zero attached hydrogens (tertiary/aromatic N) is 5. The molecule has 0 aromatic carbocycles. The van der Waals surface area contributed by atoms with Crippen LogP contribution in [0, 0.1) is 6.92 Å². The molecule has 0 atom stereocenters. The van der Waals surface area contributed by atoms with Crippen molar-refractivity contribution in [3.63, 3.8) is 0 Å². The number of anilines is 2. The summed E-state index contributed by atoms with van der Waals surface area (Å²) >= 11 is 0. The number of hydrogen-bond acceptors (Lipinski definition) is 5. The Balaban J connectivity index is 1.81. The van der Waals surface area contributed by atoms with E-state index in [1.54, 1.807) is 23.0 Å². The normalized spacial score (nSPS) is 11.2. The van der Waals surface area contributed by atoms with Crippen LogP contribution >= 0.6 is 0 Å². The van der Waals surface area contributed by atoms with E-state index >= 15 is 0 Å². The average Bonchev–Trinajstić information content (AvgIpc) is 3.11. The monoisotopic (exact) mass is 352 g/mol. The van der Waals surface area contributed by atoms with Crippen LogP contribution in [0.25, 0.3) is 17.0 Å². The maximum atomic E-state index is 12.9. The van der Waals surface area contributed by atoms with Crippen molar-refractivity contribution < 1.29 is 8.78 Å². The molecule has 4 aromatic rings. The number of alkyl halides is 2. The van der Waals surface area contributed by atoms with Gasteiger partial charge in [-0.15, -0.1) is 5.10 Å². The van der Waals surface area contributed by atoms with E-state index in [0.717, 1.165) is 16.9 Å². The number of nitrogens with one attached hydrogen (secondary N) is 1. The predicted molar refractivity (Wildman–Crippen MR) is 93.4 cm³/mol. The van der Waals surface area contributed by atoms with Gasteiger partial charge in [0.25, 0.3) is 6.43 Å². The van der Waals surface area contributed by atoms with E-state index in [0.29, 0.717) is 5.82 Å². The van der Waals surface area contributed by atoms with E-state index in [9.17, 15) is 8.78 Å². The summed E-state index contributed by atoms with van der Waals surface area (Å²) in [5.74, 6) is 0.805. The predicted octanol–water partition coefficient (Wildman–Crippen LogP) is 4.18. The second kappa shape index (κ2) is 6.47. The van der Waals surface area contributed by atoms with E-state index < -0.39 is 6.43 Å². The summed E-state index contributed by atoms with van der Waals surface area (Å²) in [6, 6.07) is 11.8. The van der Waals surface area contributed by atoms with Crippen LogP contribution < -0.4 is 5.32 Å². The molecule has 4 heterocycles. The van der Waals surface area contributed by atoms with Crippen LogP contribution in [0.4, 0.5) is 20.3 Å². The van der Waals surface area contributed by atoms with Crippen LogP contribution in [-0.2, 0) is 0 Å². The highest BCUT2D eigenvalue weighted by Gasteiger charge is 2.14. The van der Waals surface area contributed by atoms with Crippen LogP contribution in [0.5, 0.6) is 0 Å². The Kier molecular flexibility index (Phi) is 4.00. The molecule has 4 rings (SSSR count). The molecule has 8 heteroatoms. The Hall–Kier alpha value is -3.42. The number of halogens is 2. The molecule has 6 nitrogen and oxygen atoms in total. The van der Waals surface area contributed by atoms with Gasteiger partial charge in [-0.3, -0.25) is 4.98 Å². The van der Waals surface area contributed by atoms with E-state index in [1.165, 1.54) is 12.1 Å². The molecule has 4 aromatic heterocycles. The molecule has 0 unspecified atom stereocenters. The topological polar surface area (TPSA) is 68.0 Å². The lowest BCUT2D eigenvalue weighted by Gasteiger charge is -2.10. The summed E-state index contributed by atoms with van der Waals surface area (Å²) in [5.41, 5.74) is 2.42. The van der Waals surface area contributed by atoms with Gasteiger partial charge in [0.1, 0.15) is 16.9 Å². The Morgan fingerprint density at radius 2 is 1.96 bits per heavy atom. The maximum Gasteiger partial charge on any atom is 0.280 e. The summed E-state index contributed by atoms with van der Waals surface area (Å²) in [5, 5.41) is 7.61. The summed E-state index contributed by atoms with van der Waals surface area (Å²) in [4.78, 5) is 12.6. The highest BCUT2D eigenvalue weighted by Crippen LogP contribution is 2.24. The fraction of sp³-hybridized carbons (Fsp3) is 0.111. The van der Waals surface area contributed by atoms with Gasteiger partial charge in [0.05, 0.1) is 0 Å². The quantitative estimate of drug-likeness (QED) is 0.597. The minimum Gasteiger partial charge on any atom is -0.338 e. The number of hydrogen-bond donors (Lipinski definition) is 1. The molecule has 0 aliphatic heterocycles. The molecule has 0 saturated carbocycles. The first-order valence-electron chi connectivity index (χ1n) is 7.91. The van der Waals surface area contributed by atoms with Gasteiger partial charge >= 0.3 is 0 Å². The minimum absolute atomic E-state index is 0.254. The van der Waals surface area contributed by atoms with E-state index in [-0.39, 0.29) is 17.2 Å². The van der Waals surface area contributed by atoms with Crippen LogP contribution in [-0.4, -0.2) is 24.6 Å². The van der Waals surface area contributed by atoms with Crippen LogP contribution in [0.3, 0.4) is 0 Å². The standard InChI is InChI=1S/C18H14F2N6/c1-11-10-12(7-8-21-11)22-18-15-6-3-9-26(15)25-17(24-18)14-5-2-4-13(23-14)16(19)20/h2-10,16H,1H3,(H,21,22,24,25). The lowest BCUT2D eigenvalue weighted by Crippen LogP contribution is -2.05. The van der Waals surface area contributed by atoms with Gasteiger partial charge in [-0.25, -0.2) is 23.3 Å². The van der Waals surface area contributed by atoms with E-state index in [2.05, 4.69) is 25.4 Å². The number of fused-ring (bicyclic) bond motifs is 1. The lowest BCUT2D eigenvalue weighted by atomic mass is 10.3. The SMILES string of the molecule is Cc1cc(Nc2nc(-c3cccc(C(F)F)n3)nn3cccc23)ccn1. The summed E-state index contributed by atoms with van der Waals surface area (Å²) in [6.07, 6.45) is 0.811. The minimum atomic E-state index is -2.65. The first-order valence-corrected chi connectivity index (χ1v) is 7.91. The first kappa shape index (κ1) is 16.1. The fourth-order valence-electron chi connectivity index (χ4n) is 2.59. The smallest absolute Gasteiger partial charge is 0.280 e. The second-order valence-electron chi connectivity index (χ2n) is 5.68. The molecule has 0 fully saturated rings. The van der Waals surface area contributed by atoms with Crippen molar-refractivity contribution in [1.29, 1.82) is 0 Å². The number of aromatic nitrogens is 5. The molecule has 0 spiro atoms. The van der Waals surface area contributed by atoms with Gasteiger partial charge in [-0.2, -0.15) is 0 Å². The molecule has 0 bridgehead atoms. The molecule has 0 radical (unpaired) electrons. The van der Waals surface area contributed by atoms with Crippen molar-refractivity contribution in [2.24, 2.45) is 0 Å². The highest BCUT2D eigenvalue weighted by atomic mass is 19.3. The van der Waals surface area contributed by atoms with Gasteiger partial charge in [0.15, 0.2) is 5.82 Å². The third kappa shape index (κ3) is 3.08. The Morgan fingerprint density at radius 3 is 2.77 bits per heavy atom. The molecule has 0 aliphatic rings. The summed E-state index contributed by atoms with van der Waals surface area (Å²) in [6.45, 7) is 1.89. The molecular weight excluding hydrogens is 338 g/mol. The molecular formula is C18H14F2N6. The number of aryl methyl sites for hydroxylation is 1. The summed E-state index contributed by atoms with van der Waals surface area (Å²) in [7, 11) is 0. The zero-order valence-electron chi connectivity index (χ0n) is 13.8. The number of pyridine rings is 2. The third-order valence-electron chi connectivity index (χ3n) is 3.77. The van der Waals surface area contributed by atoms with Gasteiger partial charge in [0, 0.05) is 23.8 Å². The largest absolute Gasteiger partial charge is 0.338 e. The molecule has 0 amide bonds. The van der Waals surface area contributed by atoms with Gasteiger partial charge in [0.2, 0.25) is 5.82 Å². The molecule has 130 valence electrons. The van der Waals surface area contributed by atoms with E-state index in [4.69, 9.17) is 0 Å². The zero-order valence-corrected chi connectivity index (χ0v) is 13.8.